The molecule has 1 atom stereocenters. The molecule has 1 N–H and O–H groups in total. The van der Waals surface area contributed by atoms with Gasteiger partial charge in [-0.15, -0.1) is 0 Å². The molecule has 24 heavy (non-hydrogen) atoms. The molecule has 1 fully saturated rings. The first-order chi connectivity index (χ1) is 11.2. The molecule has 0 aliphatic carbocycles. The number of ether oxygens (including phenoxy) is 1. The van der Waals surface area contributed by atoms with E-state index in [-0.39, 0.29) is 17.3 Å². The molecular weight excluding hydrogens is 320 g/mol. The van der Waals surface area contributed by atoms with Gasteiger partial charge < -0.3 is 9.16 Å². The molecule has 1 heterocycles. The zero-order valence-corrected chi connectivity index (χ0v) is 16.5. The maximum Gasteiger partial charge on any atom is 0.411 e. The van der Waals surface area contributed by atoms with Crippen molar-refractivity contribution < 1.29 is 14.0 Å². The Morgan fingerprint density at radius 3 is 2.58 bits per heavy atom. The largest absolute Gasteiger partial charge is 0.445 e. The summed E-state index contributed by atoms with van der Waals surface area (Å²) in [5, 5.41) is 3.49. The Bertz CT molecular complexity index is 543. The topological polar surface area (TPSA) is 50.8 Å². The maximum absolute atomic E-state index is 12.4. The lowest BCUT2D eigenvalue weighted by atomic mass is 10.2. The van der Waals surface area contributed by atoms with Gasteiger partial charge in [-0.1, -0.05) is 51.1 Å². The lowest BCUT2D eigenvalue weighted by Crippen LogP contribution is -2.48. The molecule has 0 bridgehead atoms. The number of rotatable bonds is 5. The predicted octanol–water partition coefficient (Wildman–Crippen LogP) is 3.58. The van der Waals surface area contributed by atoms with E-state index in [1.165, 1.54) is 0 Å². The quantitative estimate of drug-likeness (QED) is 0.825. The van der Waals surface area contributed by atoms with Gasteiger partial charge in [-0.3, -0.25) is 10.2 Å². The molecule has 1 saturated heterocycles. The zero-order valence-electron chi connectivity index (χ0n) is 15.5. The number of benzene rings is 1. The van der Waals surface area contributed by atoms with E-state index in [0.717, 1.165) is 12.1 Å². The molecular formula is C18H30N2O3Si. The minimum atomic E-state index is -1.83. The van der Waals surface area contributed by atoms with Crippen LogP contribution in [0.25, 0.3) is 0 Å². The van der Waals surface area contributed by atoms with Crippen LogP contribution in [0.3, 0.4) is 0 Å². The van der Waals surface area contributed by atoms with Gasteiger partial charge in [-0.2, -0.15) is 0 Å². The zero-order chi connectivity index (χ0) is 17.8. The highest BCUT2D eigenvalue weighted by Crippen LogP contribution is 2.36. The van der Waals surface area contributed by atoms with E-state index in [1.807, 2.05) is 30.3 Å². The van der Waals surface area contributed by atoms with Crippen molar-refractivity contribution >= 4 is 14.4 Å². The molecule has 0 saturated carbocycles. The Morgan fingerprint density at radius 2 is 1.96 bits per heavy atom. The third-order valence-corrected chi connectivity index (χ3v) is 9.46. The molecule has 134 valence electrons. The summed E-state index contributed by atoms with van der Waals surface area (Å²) < 4.78 is 11.7. The monoisotopic (exact) mass is 350 g/mol. The van der Waals surface area contributed by atoms with E-state index < -0.39 is 8.32 Å². The van der Waals surface area contributed by atoms with E-state index in [2.05, 4.69) is 39.2 Å². The number of nitrogens with one attached hydrogen (secondary N) is 1. The Kier molecular flexibility index (Phi) is 6.06. The lowest BCUT2D eigenvalue weighted by molar-refractivity contribution is 0.0776. The summed E-state index contributed by atoms with van der Waals surface area (Å²) in [4.78, 5) is 14.1. The maximum atomic E-state index is 12.4. The number of nitrogens with zero attached hydrogens (tertiary/aromatic N) is 1. The van der Waals surface area contributed by atoms with Crippen molar-refractivity contribution in [3.05, 3.63) is 35.9 Å². The smallest absolute Gasteiger partial charge is 0.411 e. The van der Waals surface area contributed by atoms with Crippen LogP contribution in [0.4, 0.5) is 4.79 Å². The van der Waals surface area contributed by atoms with Crippen LogP contribution in [0.5, 0.6) is 0 Å². The highest BCUT2D eigenvalue weighted by molar-refractivity contribution is 6.74. The van der Waals surface area contributed by atoms with Gasteiger partial charge in [-0.25, -0.2) is 4.79 Å². The van der Waals surface area contributed by atoms with Crippen LogP contribution in [0.15, 0.2) is 30.3 Å². The van der Waals surface area contributed by atoms with Crippen LogP contribution in [0, 0.1) is 0 Å². The fourth-order valence-electron chi connectivity index (χ4n) is 2.29. The van der Waals surface area contributed by atoms with Crippen molar-refractivity contribution in [2.45, 2.75) is 51.7 Å². The number of hydrogen-bond donors (Lipinski definition) is 1. The highest BCUT2D eigenvalue weighted by atomic mass is 28.4. The SMILES string of the molecule is CC(C)(C)[Si](C)(C)OCC1NCCN1C(=O)OCc1ccccc1. The first kappa shape index (κ1) is 19.0. The van der Waals surface area contributed by atoms with Gasteiger partial charge in [0.05, 0.1) is 6.61 Å². The van der Waals surface area contributed by atoms with Crippen molar-refractivity contribution in [2.75, 3.05) is 19.7 Å². The van der Waals surface area contributed by atoms with Gasteiger partial charge in [0.15, 0.2) is 8.32 Å². The summed E-state index contributed by atoms with van der Waals surface area (Å²) in [7, 11) is -1.83. The van der Waals surface area contributed by atoms with E-state index in [4.69, 9.17) is 9.16 Å². The summed E-state index contributed by atoms with van der Waals surface area (Å²) in [6.07, 6.45) is -0.393. The fourth-order valence-corrected chi connectivity index (χ4v) is 3.30. The molecule has 1 unspecified atom stereocenters. The van der Waals surface area contributed by atoms with Crippen LogP contribution in [0.1, 0.15) is 26.3 Å². The first-order valence-corrected chi connectivity index (χ1v) is 11.5. The summed E-state index contributed by atoms with van der Waals surface area (Å²) in [6, 6.07) is 9.73. The Labute approximate surface area is 146 Å². The second kappa shape index (κ2) is 7.67. The molecule has 2 rings (SSSR count). The van der Waals surface area contributed by atoms with Crippen LogP contribution >= 0.6 is 0 Å². The van der Waals surface area contributed by atoms with Crippen LogP contribution < -0.4 is 5.32 Å². The Balaban J connectivity index is 1.87. The first-order valence-electron chi connectivity index (χ1n) is 8.55. The van der Waals surface area contributed by atoms with Gasteiger partial charge in [0.1, 0.15) is 12.8 Å². The third-order valence-electron chi connectivity index (χ3n) is 4.96. The van der Waals surface area contributed by atoms with Gasteiger partial charge >= 0.3 is 6.09 Å². The average Bonchev–Trinajstić information content (AvgIpc) is 2.99. The normalized spacial score (nSPS) is 18.7. The number of carbonyl (C=O) groups is 1. The van der Waals surface area contributed by atoms with Crippen molar-refractivity contribution in [2.24, 2.45) is 0 Å². The summed E-state index contributed by atoms with van der Waals surface area (Å²) in [6.45, 7) is 13.3. The number of hydrogen-bond acceptors (Lipinski definition) is 4. The minimum absolute atomic E-state index is 0.109. The minimum Gasteiger partial charge on any atom is -0.445 e. The van der Waals surface area contributed by atoms with Gasteiger partial charge in [0, 0.05) is 13.1 Å². The van der Waals surface area contributed by atoms with Crippen molar-refractivity contribution in [1.82, 2.24) is 10.2 Å². The molecule has 1 aromatic rings. The van der Waals surface area contributed by atoms with Crippen molar-refractivity contribution in [1.29, 1.82) is 0 Å². The molecule has 6 heteroatoms. The van der Waals surface area contributed by atoms with E-state index in [9.17, 15) is 4.79 Å². The van der Waals surface area contributed by atoms with Crippen LogP contribution in [0.2, 0.25) is 18.1 Å². The van der Waals surface area contributed by atoms with Crippen LogP contribution in [-0.2, 0) is 15.8 Å². The van der Waals surface area contributed by atoms with E-state index in [1.54, 1.807) is 4.90 Å². The Morgan fingerprint density at radius 1 is 1.29 bits per heavy atom. The highest BCUT2D eigenvalue weighted by Gasteiger charge is 2.39. The average molecular weight is 351 g/mol. The third kappa shape index (κ3) is 4.81. The van der Waals surface area contributed by atoms with Gasteiger partial charge in [0.2, 0.25) is 0 Å². The van der Waals surface area contributed by atoms with Gasteiger partial charge in [0.25, 0.3) is 0 Å². The summed E-state index contributed by atoms with van der Waals surface area (Å²) >= 11 is 0. The van der Waals surface area contributed by atoms with Crippen LogP contribution in [-0.4, -0.2) is 45.2 Å². The summed E-state index contributed by atoms with van der Waals surface area (Å²) in [5.41, 5.74) is 0.993. The molecule has 1 aliphatic rings. The van der Waals surface area contributed by atoms with Crippen molar-refractivity contribution in [3.63, 3.8) is 0 Å². The molecule has 5 nitrogen and oxygen atoms in total. The van der Waals surface area contributed by atoms with E-state index in [0.29, 0.717) is 19.8 Å². The lowest BCUT2D eigenvalue weighted by Gasteiger charge is -2.37. The molecule has 1 amide bonds. The van der Waals surface area contributed by atoms with E-state index >= 15 is 0 Å². The second-order valence-electron chi connectivity index (χ2n) is 7.77. The molecule has 0 radical (unpaired) electrons. The summed E-state index contributed by atoms with van der Waals surface area (Å²) in [5.74, 6) is 0. The molecule has 1 aromatic carbocycles. The molecule has 0 spiro atoms. The van der Waals surface area contributed by atoms with Gasteiger partial charge in [-0.05, 0) is 23.7 Å². The standard InChI is InChI=1S/C18H30N2O3Si/c1-18(2,3)24(4,5)23-14-16-19-11-12-20(16)17(21)22-13-15-9-7-6-8-10-15/h6-10,16,19H,11-14H2,1-5H3. The Hall–Kier alpha value is -1.37. The predicted molar refractivity (Wildman–Crippen MR) is 98.3 cm³/mol. The molecule has 0 aromatic heterocycles. The van der Waals surface area contributed by atoms with Crippen molar-refractivity contribution in [3.8, 4) is 0 Å². The second-order valence-corrected chi connectivity index (χ2v) is 12.6. The number of carbonyl (C=O) groups excluding carboxylic acids is 1. The molecule has 1 aliphatic heterocycles. The fraction of sp³-hybridized carbons (Fsp3) is 0.611. The number of amides is 1.